The van der Waals surface area contributed by atoms with Crippen molar-refractivity contribution in [2.75, 3.05) is 5.75 Å². The molecule has 2 fully saturated rings. The van der Waals surface area contributed by atoms with E-state index in [9.17, 15) is 4.79 Å². The van der Waals surface area contributed by atoms with E-state index in [1.54, 1.807) is 11.8 Å². The highest BCUT2D eigenvalue weighted by atomic mass is 79.9. The second kappa shape index (κ2) is 5.70. The highest BCUT2D eigenvalue weighted by Crippen LogP contribution is 2.44. The molecule has 3 nitrogen and oxygen atoms in total. The van der Waals surface area contributed by atoms with Crippen LogP contribution in [0.2, 0.25) is 0 Å². The molecule has 2 aliphatic carbocycles. The molecular weight excluding hydrogens is 336 g/mol. The van der Waals surface area contributed by atoms with Crippen LogP contribution in [0.3, 0.4) is 0 Å². The SMILES string of the molecule is NC(=O)C(CSc1ccc(Br)cc1)(NC1CC1)C1CC1. The molecule has 20 heavy (non-hydrogen) atoms. The van der Waals surface area contributed by atoms with Crippen molar-refractivity contribution in [3.63, 3.8) is 0 Å². The van der Waals surface area contributed by atoms with Gasteiger partial charge in [-0.2, -0.15) is 0 Å². The fourth-order valence-corrected chi connectivity index (χ4v) is 3.97. The third-order valence-electron chi connectivity index (χ3n) is 4.03. The second-order valence-corrected chi connectivity index (χ2v) is 7.74. The zero-order valence-corrected chi connectivity index (χ0v) is 13.7. The molecule has 0 radical (unpaired) electrons. The fraction of sp³-hybridized carbons (Fsp3) is 0.533. The van der Waals surface area contributed by atoms with E-state index < -0.39 is 5.54 Å². The van der Waals surface area contributed by atoms with Crippen LogP contribution in [0.25, 0.3) is 0 Å². The average Bonchev–Trinajstić information content (AvgIpc) is 3.28. The molecule has 1 aromatic rings. The number of hydrogen-bond acceptors (Lipinski definition) is 3. The summed E-state index contributed by atoms with van der Waals surface area (Å²) in [5, 5.41) is 3.54. The van der Waals surface area contributed by atoms with Gasteiger partial charge in [-0.05, 0) is 55.9 Å². The average molecular weight is 355 g/mol. The molecule has 1 unspecified atom stereocenters. The Morgan fingerprint density at radius 1 is 1.30 bits per heavy atom. The number of primary amides is 1. The van der Waals surface area contributed by atoms with E-state index >= 15 is 0 Å². The summed E-state index contributed by atoms with van der Waals surface area (Å²) in [5.41, 5.74) is 5.24. The molecule has 2 saturated carbocycles. The summed E-state index contributed by atoms with van der Waals surface area (Å²) in [6.45, 7) is 0. The summed E-state index contributed by atoms with van der Waals surface area (Å²) in [4.78, 5) is 13.3. The Kier molecular flexibility index (Phi) is 4.11. The molecule has 1 aromatic carbocycles. The van der Waals surface area contributed by atoms with Gasteiger partial charge < -0.3 is 5.73 Å². The molecular formula is C15H19BrN2OS. The molecule has 0 aromatic heterocycles. The first-order valence-corrected chi connectivity index (χ1v) is 8.84. The van der Waals surface area contributed by atoms with Crippen molar-refractivity contribution in [3.8, 4) is 0 Å². The summed E-state index contributed by atoms with van der Waals surface area (Å²) in [5.74, 6) is 0.963. The number of carbonyl (C=O) groups is 1. The van der Waals surface area contributed by atoms with E-state index in [1.807, 2.05) is 12.1 Å². The quantitative estimate of drug-likeness (QED) is 0.740. The van der Waals surface area contributed by atoms with Crippen LogP contribution in [0.1, 0.15) is 25.7 Å². The maximum Gasteiger partial charge on any atom is 0.238 e. The summed E-state index contributed by atoms with van der Waals surface area (Å²) >= 11 is 5.16. The van der Waals surface area contributed by atoms with Gasteiger partial charge in [0, 0.05) is 21.2 Å². The van der Waals surface area contributed by atoms with E-state index in [1.165, 1.54) is 17.7 Å². The van der Waals surface area contributed by atoms with Gasteiger partial charge >= 0.3 is 0 Å². The lowest BCUT2D eigenvalue weighted by Gasteiger charge is -2.32. The molecule has 0 aliphatic heterocycles. The maximum absolute atomic E-state index is 12.1. The van der Waals surface area contributed by atoms with Gasteiger partial charge in [0.2, 0.25) is 5.91 Å². The Balaban J connectivity index is 1.71. The third kappa shape index (κ3) is 3.21. The van der Waals surface area contributed by atoms with Gasteiger partial charge in [-0.1, -0.05) is 15.9 Å². The minimum absolute atomic E-state index is 0.184. The van der Waals surface area contributed by atoms with E-state index in [0.717, 1.165) is 23.1 Å². The van der Waals surface area contributed by atoms with E-state index in [2.05, 4.69) is 33.4 Å². The van der Waals surface area contributed by atoms with Crippen LogP contribution in [0.5, 0.6) is 0 Å². The van der Waals surface area contributed by atoms with Gasteiger partial charge in [0.05, 0.1) is 0 Å². The third-order valence-corrected chi connectivity index (χ3v) is 5.77. The first-order valence-electron chi connectivity index (χ1n) is 7.06. The first kappa shape index (κ1) is 14.4. The van der Waals surface area contributed by atoms with Gasteiger partial charge in [0.1, 0.15) is 5.54 Å². The smallest absolute Gasteiger partial charge is 0.238 e. The van der Waals surface area contributed by atoms with Gasteiger partial charge in [0.25, 0.3) is 0 Å². The molecule has 0 heterocycles. The van der Waals surface area contributed by atoms with Crippen molar-refractivity contribution < 1.29 is 4.79 Å². The van der Waals surface area contributed by atoms with E-state index in [4.69, 9.17) is 5.73 Å². The number of hydrogen-bond donors (Lipinski definition) is 2. The molecule has 0 spiro atoms. The second-order valence-electron chi connectivity index (χ2n) is 5.77. The zero-order chi connectivity index (χ0) is 14.2. The number of nitrogens with one attached hydrogen (secondary N) is 1. The molecule has 2 aliphatic rings. The van der Waals surface area contributed by atoms with E-state index in [-0.39, 0.29) is 5.91 Å². The number of rotatable bonds is 7. The number of carbonyl (C=O) groups excluding carboxylic acids is 1. The normalized spacial score (nSPS) is 21.4. The van der Waals surface area contributed by atoms with Crippen LogP contribution in [0.4, 0.5) is 0 Å². The molecule has 0 saturated heterocycles. The monoisotopic (exact) mass is 354 g/mol. The lowest BCUT2D eigenvalue weighted by Crippen LogP contribution is -2.60. The lowest BCUT2D eigenvalue weighted by atomic mass is 9.94. The number of nitrogens with two attached hydrogens (primary N) is 1. The van der Waals surface area contributed by atoms with Gasteiger partial charge in [-0.15, -0.1) is 11.8 Å². The topological polar surface area (TPSA) is 55.1 Å². The van der Waals surface area contributed by atoms with Crippen molar-refractivity contribution in [2.24, 2.45) is 11.7 Å². The molecule has 1 amide bonds. The molecule has 1 atom stereocenters. The van der Waals surface area contributed by atoms with Crippen LogP contribution < -0.4 is 11.1 Å². The van der Waals surface area contributed by atoms with Crippen LogP contribution in [-0.4, -0.2) is 23.2 Å². The van der Waals surface area contributed by atoms with Crippen LogP contribution in [-0.2, 0) is 4.79 Å². The summed E-state index contributed by atoms with van der Waals surface area (Å²) in [6, 6.07) is 8.70. The Morgan fingerprint density at radius 3 is 2.45 bits per heavy atom. The molecule has 3 rings (SSSR count). The van der Waals surface area contributed by atoms with Crippen LogP contribution in [0.15, 0.2) is 33.6 Å². The molecule has 3 N–H and O–H groups in total. The Bertz CT molecular complexity index is 499. The van der Waals surface area contributed by atoms with E-state index in [0.29, 0.717) is 12.0 Å². The Labute approximate surface area is 132 Å². The fourth-order valence-electron chi connectivity index (χ4n) is 2.52. The highest BCUT2D eigenvalue weighted by molar-refractivity contribution is 9.10. The number of thioether (sulfide) groups is 1. The standard InChI is InChI=1S/C15H19BrN2OS/c16-11-3-7-13(8-4-11)20-9-15(14(17)19,10-1-2-10)18-12-5-6-12/h3-4,7-8,10,12,18H,1-2,5-6,9H2,(H2,17,19). The van der Waals surface area contributed by atoms with Crippen molar-refractivity contribution in [1.29, 1.82) is 0 Å². The highest BCUT2D eigenvalue weighted by Gasteiger charge is 2.51. The minimum Gasteiger partial charge on any atom is -0.368 e. The first-order chi connectivity index (χ1) is 9.60. The van der Waals surface area contributed by atoms with Crippen LogP contribution >= 0.6 is 27.7 Å². The predicted molar refractivity (Wildman–Crippen MR) is 85.7 cm³/mol. The van der Waals surface area contributed by atoms with Crippen molar-refractivity contribution >= 4 is 33.6 Å². The molecule has 0 bridgehead atoms. The van der Waals surface area contributed by atoms with Gasteiger partial charge in [-0.25, -0.2) is 0 Å². The minimum atomic E-state index is -0.515. The zero-order valence-electron chi connectivity index (χ0n) is 11.3. The van der Waals surface area contributed by atoms with Crippen molar-refractivity contribution in [1.82, 2.24) is 5.32 Å². The maximum atomic E-state index is 12.1. The lowest BCUT2D eigenvalue weighted by molar-refractivity contribution is -0.124. The molecule has 108 valence electrons. The largest absolute Gasteiger partial charge is 0.368 e. The Morgan fingerprint density at radius 2 is 1.95 bits per heavy atom. The predicted octanol–water partition coefficient (Wildman–Crippen LogP) is 2.93. The summed E-state index contributed by atoms with van der Waals surface area (Å²) in [6.07, 6.45) is 4.57. The number of amides is 1. The summed E-state index contributed by atoms with van der Waals surface area (Å²) in [7, 11) is 0. The summed E-state index contributed by atoms with van der Waals surface area (Å²) < 4.78 is 1.07. The van der Waals surface area contributed by atoms with Gasteiger partial charge in [0.15, 0.2) is 0 Å². The number of halogens is 1. The van der Waals surface area contributed by atoms with Crippen molar-refractivity contribution in [2.45, 2.75) is 42.2 Å². The van der Waals surface area contributed by atoms with Crippen molar-refractivity contribution in [3.05, 3.63) is 28.7 Å². The van der Waals surface area contributed by atoms with Gasteiger partial charge in [-0.3, -0.25) is 10.1 Å². The Hall–Kier alpha value is -0.520. The number of benzene rings is 1. The van der Waals surface area contributed by atoms with Crippen LogP contribution in [0, 0.1) is 5.92 Å². The molecule has 5 heteroatoms.